The van der Waals surface area contributed by atoms with Crippen molar-refractivity contribution in [2.45, 2.75) is 17.7 Å². The molecule has 1 aromatic carbocycles. The summed E-state index contributed by atoms with van der Waals surface area (Å²) in [6.45, 7) is 1.01. The minimum atomic E-state index is -3.48. The largest absolute Gasteiger partial charge is 0.262 e. The van der Waals surface area contributed by atoms with E-state index in [1.165, 1.54) is 17.3 Å². The average molecular weight is 367 g/mol. The third-order valence-electron chi connectivity index (χ3n) is 3.70. The van der Waals surface area contributed by atoms with Crippen LogP contribution in [0.3, 0.4) is 0 Å². The number of hydrogen-bond donors (Lipinski definition) is 0. The van der Waals surface area contributed by atoms with E-state index in [0.717, 1.165) is 12.8 Å². The van der Waals surface area contributed by atoms with Gasteiger partial charge in [0.15, 0.2) is 0 Å². The zero-order valence-corrected chi connectivity index (χ0v) is 13.8. The topological polar surface area (TPSA) is 50.3 Å². The van der Waals surface area contributed by atoms with E-state index in [-0.39, 0.29) is 4.90 Å². The Labute approximate surface area is 133 Å². The number of halogens is 1. The molecule has 0 spiro atoms. The van der Waals surface area contributed by atoms with Crippen molar-refractivity contribution in [2.24, 2.45) is 0 Å². The molecule has 0 bridgehead atoms. The predicted octanol–water partition coefficient (Wildman–Crippen LogP) is 2.63. The van der Waals surface area contributed by atoms with Crippen LogP contribution in [0.2, 0.25) is 0 Å². The molecule has 0 aliphatic carbocycles. The molecular formula is C15H15BrN2O2S. The summed E-state index contributed by atoms with van der Waals surface area (Å²) in [5.41, 5.74) is 2.48. The van der Waals surface area contributed by atoms with Crippen molar-refractivity contribution < 1.29 is 8.42 Å². The molecule has 110 valence electrons. The molecular weight excluding hydrogens is 352 g/mol. The fourth-order valence-corrected chi connectivity index (χ4v) is 4.52. The lowest BCUT2D eigenvalue weighted by Crippen LogP contribution is -2.33. The number of aromatic nitrogens is 1. The first-order valence-corrected chi connectivity index (χ1v) is 8.98. The Bertz CT molecular complexity index is 735. The molecule has 0 fully saturated rings. The van der Waals surface area contributed by atoms with Crippen LogP contribution in [-0.2, 0) is 22.9 Å². The highest BCUT2D eigenvalue weighted by Crippen LogP contribution is 2.22. The number of benzene rings is 1. The molecule has 2 heterocycles. The number of sulfonamides is 1. The fourth-order valence-electron chi connectivity index (χ4n) is 2.57. The Balaban J connectivity index is 1.88. The van der Waals surface area contributed by atoms with Crippen LogP contribution in [0.15, 0.2) is 52.1 Å². The second kappa shape index (κ2) is 5.87. The Hall–Kier alpha value is -1.24. The van der Waals surface area contributed by atoms with Crippen LogP contribution in [0.25, 0.3) is 0 Å². The van der Waals surface area contributed by atoms with Gasteiger partial charge in [-0.2, -0.15) is 4.31 Å². The maximum absolute atomic E-state index is 12.7. The van der Waals surface area contributed by atoms with E-state index in [2.05, 4.69) is 33.0 Å². The Morgan fingerprint density at radius 3 is 2.24 bits per heavy atom. The van der Waals surface area contributed by atoms with E-state index < -0.39 is 10.0 Å². The summed E-state index contributed by atoms with van der Waals surface area (Å²) in [7, 11) is -3.48. The third kappa shape index (κ3) is 3.02. The van der Waals surface area contributed by atoms with E-state index in [1.807, 2.05) is 12.1 Å². The van der Waals surface area contributed by atoms with Crippen molar-refractivity contribution in [1.82, 2.24) is 9.29 Å². The maximum Gasteiger partial charge on any atom is 0.244 e. The monoisotopic (exact) mass is 366 g/mol. The van der Waals surface area contributed by atoms with Crippen LogP contribution in [0.4, 0.5) is 0 Å². The smallest absolute Gasteiger partial charge is 0.244 e. The van der Waals surface area contributed by atoms with Gasteiger partial charge in [-0.05, 0) is 46.0 Å². The van der Waals surface area contributed by atoms with E-state index in [4.69, 9.17) is 0 Å². The van der Waals surface area contributed by atoms with Crippen LogP contribution in [0, 0.1) is 0 Å². The highest BCUT2D eigenvalue weighted by Gasteiger charge is 2.26. The van der Waals surface area contributed by atoms with Gasteiger partial charge in [-0.3, -0.25) is 4.98 Å². The second-order valence-electron chi connectivity index (χ2n) is 5.01. The predicted molar refractivity (Wildman–Crippen MR) is 84.5 cm³/mol. The Morgan fingerprint density at radius 1 is 1.05 bits per heavy atom. The van der Waals surface area contributed by atoms with Crippen molar-refractivity contribution >= 4 is 26.0 Å². The van der Waals surface area contributed by atoms with Gasteiger partial charge in [0.2, 0.25) is 10.0 Å². The molecule has 0 radical (unpaired) electrons. The summed E-state index contributed by atoms with van der Waals surface area (Å²) in [6.07, 6.45) is 4.48. The molecule has 1 aliphatic heterocycles. The van der Waals surface area contributed by atoms with Crippen LogP contribution < -0.4 is 0 Å². The van der Waals surface area contributed by atoms with Crippen LogP contribution >= 0.6 is 15.9 Å². The molecule has 0 atom stereocenters. The average Bonchev–Trinajstić information content (AvgIpc) is 2.70. The van der Waals surface area contributed by atoms with Crippen molar-refractivity contribution in [3.8, 4) is 0 Å². The van der Waals surface area contributed by atoms with E-state index >= 15 is 0 Å². The summed E-state index contributed by atoms with van der Waals surface area (Å²) in [6, 6.07) is 9.75. The number of hydrogen-bond acceptors (Lipinski definition) is 3. The zero-order valence-electron chi connectivity index (χ0n) is 11.4. The summed E-state index contributed by atoms with van der Waals surface area (Å²) >= 11 is 3.27. The molecule has 0 amide bonds. The molecule has 0 N–H and O–H groups in total. The molecule has 6 heteroatoms. The van der Waals surface area contributed by atoms with Gasteiger partial charge in [-0.1, -0.05) is 24.3 Å². The van der Waals surface area contributed by atoms with E-state index in [0.29, 0.717) is 17.6 Å². The van der Waals surface area contributed by atoms with Crippen molar-refractivity contribution in [3.63, 3.8) is 0 Å². The molecule has 0 saturated carbocycles. The molecule has 21 heavy (non-hydrogen) atoms. The second-order valence-corrected chi connectivity index (χ2v) is 7.87. The summed E-state index contributed by atoms with van der Waals surface area (Å²) in [5, 5.41) is 0. The molecule has 0 unspecified atom stereocenters. The van der Waals surface area contributed by atoms with E-state index in [1.54, 1.807) is 16.6 Å². The van der Waals surface area contributed by atoms with Gasteiger partial charge in [0.1, 0.15) is 4.90 Å². The highest BCUT2D eigenvalue weighted by atomic mass is 79.9. The fraction of sp³-hybridized carbons (Fsp3) is 0.267. The summed E-state index contributed by atoms with van der Waals surface area (Å²) < 4.78 is 27.6. The third-order valence-corrected chi connectivity index (χ3v) is 5.99. The van der Waals surface area contributed by atoms with Gasteiger partial charge >= 0.3 is 0 Å². The van der Waals surface area contributed by atoms with Gasteiger partial charge in [0, 0.05) is 30.0 Å². The highest BCUT2D eigenvalue weighted by molar-refractivity contribution is 9.10. The van der Waals surface area contributed by atoms with Gasteiger partial charge in [-0.15, -0.1) is 0 Å². The lowest BCUT2D eigenvalue weighted by Gasteiger charge is -2.19. The first-order valence-electron chi connectivity index (χ1n) is 6.75. The summed E-state index contributed by atoms with van der Waals surface area (Å²) in [4.78, 5) is 4.19. The SMILES string of the molecule is O=S(=O)(c1cncc(Br)c1)N1CCc2ccccc2CC1. The normalized spacial score (nSPS) is 16.2. The maximum atomic E-state index is 12.7. The molecule has 1 aromatic heterocycles. The van der Waals surface area contributed by atoms with Gasteiger partial charge in [0.25, 0.3) is 0 Å². The molecule has 1 aliphatic rings. The standard InChI is InChI=1S/C15H15BrN2O2S/c16-14-9-15(11-17-10-14)21(19,20)18-7-5-12-3-1-2-4-13(12)6-8-18/h1-4,9-11H,5-8H2. The van der Waals surface area contributed by atoms with Crippen molar-refractivity contribution in [3.05, 3.63) is 58.3 Å². The Kier molecular flexibility index (Phi) is 4.10. The van der Waals surface area contributed by atoms with Crippen molar-refractivity contribution in [2.75, 3.05) is 13.1 Å². The van der Waals surface area contributed by atoms with Crippen molar-refractivity contribution in [1.29, 1.82) is 0 Å². The number of fused-ring (bicyclic) bond motifs is 1. The van der Waals surface area contributed by atoms with Gasteiger partial charge in [0.05, 0.1) is 0 Å². The Morgan fingerprint density at radius 2 is 1.67 bits per heavy atom. The van der Waals surface area contributed by atoms with E-state index in [9.17, 15) is 8.42 Å². The van der Waals surface area contributed by atoms with Crippen LogP contribution in [-0.4, -0.2) is 30.8 Å². The van der Waals surface area contributed by atoms with Crippen LogP contribution in [0.5, 0.6) is 0 Å². The minimum Gasteiger partial charge on any atom is -0.262 e. The lowest BCUT2D eigenvalue weighted by atomic mass is 10.0. The quantitative estimate of drug-likeness (QED) is 0.820. The number of nitrogens with zero attached hydrogens (tertiary/aromatic N) is 2. The zero-order chi connectivity index (χ0) is 14.9. The summed E-state index contributed by atoms with van der Waals surface area (Å²) in [5.74, 6) is 0. The molecule has 0 saturated heterocycles. The lowest BCUT2D eigenvalue weighted by molar-refractivity contribution is 0.426. The number of rotatable bonds is 2. The van der Waals surface area contributed by atoms with Crippen LogP contribution in [0.1, 0.15) is 11.1 Å². The molecule has 3 rings (SSSR count). The number of pyridine rings is 1. The van der Waals surface area contributed by atoms with Gasteiger partial charge < -0.3 is 0 Å². The molecule has 4 nitrogen and oxygen atoms in total. The molecule has 2 aromatic rings. The minimum absolute atomic E-state index is 0.239. The first-order chi connectivity index (χ1) is 10.1. The van der Waals surface area contributed by atoms with Gasteiger partial charge in [-0.25, -0.2) is 8.42 Å². The first kappa shape index (κ1) is 14.7.